The summed E-state index contributed by atoms with van der Waals surface area (Å²) in [6, 6.07) is 4.68. The minimum absolute atomic E-state index is 0.146. The number of benzene rings is 1. The fourth-order valence-electron chi connectivity index (χ4n) is 3.58. The highest BCUT2D eigenvalue weighted by Gasteiger charge is 2.47. The Labute approximate surface area is 134 Å². The van der Waals surface area contributed by atoms with E-state index in [1.165, 1.54) is 19.1 Å². The first-order chi connectivity index (χ1) is 11.1. The van der Waals surface area contributed by atoms with E-state index in [1.807, 2.05) is 0 Å². The molecule has 1 aliphatic carbocycles. The van der Waals surface area contributed by atoms with E-state index in [9.17, 15) is 14.4 Å². The topological polar surface area (TPSA) is 72.9 Å². The average Bonchev–Trinajstić information content (AvgIpc) is 2.94. The smallest absolute Gasteiger partial charge is 0.268 e. The Bertz CT molecular complexity index is 647. The molecule has 0 bridgehead atoms. The van der Waals surface area contributed by atoms with Crippen molar-refractivity contribution in [1.82, 2.24) is 4.90 Å². The molecule has 2 atom stereocenters. The zero-order valence-corrected chi connectivity index (χ0v) is 13.2. The first-order valence-electron chi connectivity index (χ1n) is 7.68. The predicted octanol–water partition coefficient (Wildman–Crippen LogP) is 1.81. The molecule has 3 rings (SSSR count). The van der Waals surface area contributed by atoms with Gasteiger partial charge in [-0.2, -0.15) is 0 Å². The van der Waals surface area contributed by atoms with Gasteiger partial charge in [-0.05, 0) is 25.0 Å². The third-order valence-corrected chi connectivity index (χ3v) is 4.69. The van der Waals surface area contributed by atoms with Crippen molar-refractivity contribution in [3.8, 4) is 11.5 Å². The van der Waals surface area contributed by atoms with Crippen LogP contribution in [0.5, 0.6) is 11.5 Å². The molecule has 1 saturated heterocycles. The van der Waals surface area contributed by atoms with Crippen molar-refractivity contribution in [2.45, 2.75) is 31.7 Å². The largest absolute Gasteiger partial charge is 0.496 e. The number of fused-ring (bicyclic) bond motifs is 1. The Morgan fingerprint density at radius 1 is 1.09 bits per heavy atom. The normalized spacial score (nSPS) is 23.7. The van der Waals surface area contributed by atoms with Gasteiger partial charge >= 0.3 is 0 Å². The van der Waals surface area contributed by atoms with Crippen molar-refractivity contribution < 1.29 is 23.9 Å². The number of hydrogen-bond donors (Lipinski definition) is 0. The molecule has 1 aromatic rings. The van der Waals surface area contributed by atoms with Crippen molar-refractivity contribution in [2.75, 3.05) is 14.2 Å². The van der Waals surface area contributed by atoms with Crippen LogP contribution >= 0.6 is 0 Å². The molecule has 2 amide bonds. The SMILES string of the molecule is COc1cccc(OC)c1C(=O)N1C(=O)CCC2C(=O)CCC21. The molecule has 1 saturated carbocycles. The van der Waals surface area contributed by atoms with Crippen LogP contribution in [0.25, 0.3) is 0 Å². The Morgan fingerprint density at radius 2 is 1.74 bits per heavy atom. The zero-order chi connectivity index (χ0) is 16.6. The average molecular weight is 317 g/mol. The van der Waals surface area contributed by atoms with Crippen LogP contribution in [0.15, 0.2) is 18.2 Å². The molecule has 2 unspecified atom stereocenters. The Balaban J connectivity index is 2.02. The maximum absolute atomic E-state index is 13.1. The fraction of sp³-hybridized carbons (Fsp3) is 0.471. The van der Waals surface area contributed by atoms with Crippen LogP contribution in [0.1, 0.15) is 36.0 Å². The van der Waals surface area contributed by atoms with Crippen molar-refractivity contribution in [3.05, 3.63) is 23.8 Å². The van der Waals surface area contributed by atoms with E-state index in [0.29, 0.717) is 30.8 Å². The molecule has 2 aliphatic rings. The first-order valence-corrected chi connectivity index (χ1v) is 7.68. The summed E-state index contributed by atoms with van der Waals surface area (Å²) < 4.78 is 10.5. The van der Waals surface area contributed by atoms with Gasteiger partial charge in [0.1, 0.15) is 22.8 Å². The molecule has 0 radical (unpaired) electrons. The number of hydrogen-bond acceptors (Lipinski definition) is 5. The number of likely N-dealkylation sites (tertiary alicyclic amines) is 1. The number of nitrogens with zero attached hydrogens (tertiary/aromatic N) is 1. The molecule has 0 aromatic heterocycles. The van der Waals surface area contributed by atoms with E-state index >= 15 is 0 Å². The van der Waals surface area contributed by atoms with Gasteiger partial charge in [-0.3, -0.25) is 19.3 Å². The van der Waals surface area contributed by atoms with E-state index in [0.717, 1.165) is 0 Å². The van der Waals surface area contributed by atoms with E-state index in [2.05, 4.69) is 0 Å². The number of methoxy groups -OCH3 is 2. The molecule has 1 heterocycles. The van der Waals surface area contributed by atoms with Gasteiger partial charge in [0.2, 0.25) is 5.91 Å². The molecule has 122 valence electrons. The lowest BCUT2D eigenvalue weighted by molar-refractivity contribution is -0.135. The summed E-state index contributed by atoms with van der Waals surface area (Å²) in [5, 5.41) is 0. The minimum atomic E-state index is -0.450. The third kappa shape index (κ3) is 2.48. The maximum atomic E-state index is 13.1. The Kier molecular flexibility index (Phi) is 4.07. The van der Waals surface area contributed by atoms with Gasteiger partial charge in [0.05, 0.1) is 20.3 Å². The van der Waals surface area contributed by atoms with Crippen molar-refractivity contribution >= 4 is 17.6 Å². The number of piperidine rings is 1. The van der Waals surface area contributed by atoms with Gasteiger partial charge in [0, 0.05) is 18.8 Å². The van der Waals surface area contributed by atoms with Crippen LogP contribution in [0.2, 0.25) is 0 Å². The maximum Gasteiger partial charge on any atom is 0.268 e. The predicted molar refractivity (Wildman–Crippen MR) is 81.5 cm³/mol. The van der Waals surface area contributed by atoms with Crippen LogP contribution in [0, 0.1) is 5.92 Å². The van der Waals surface area contributed by atoms with E-state index in [4.69, 9.17) is 9.47 Å². The minimum Gasteiger partial charge on any atom is -0.496 e. The molecule has 1 aliphatic heterocycles. The molecule has 23 heavy (non-hydrogen) atoms. The van der Waals surface area contributed by atoms with E-state index < -0.39 is 5.91 Å². The molecule has 1 aromatic carbocycles. The summed E-state index contributed by atoms with van der Waals surface area (Å²) >= 11 is 0. The molecule has 6 nitrogen and oxygen atoms in total. The summed E-state index contributed by atoms with van der Waals surface area (Å²) in [5.41, 5.74) is 0.228. The van der Waals surface area contributed by atoms with E-state index in [1.54, 1.807) is 18.2 Å². The zero-order valence-electron chi connectivity index (χ0n) is 13.2. The lowest BCUT2D eigenvalue weighted by atomic mass is 9.90. The molecule has 0 N–H and O–H groups in total. The van der Waals surface area contributed by atoms with Crippen molar-refractivity contribution in [1.29, 1.82) is 0 Å². The van der Waals surface area contributed by atoms with Gasteiger partial charge in [-0.15, -0.1) is 0 Å². The van der Waals surface area contributed by atoms with Crippen LogP contribution in [-0.4, -0.2) is 42.8 Å². The number of imide groups is 1. The van der Waals surface area contributed by atoms with Gasteiger partial charge in [0.15, 0.2) is 0 Å². The number of carbonyl (C=O) groups excluding carboxylic acids is 3. The fourth-order valence-corrected chi connectivity index (χ4v) is 3.58. The van der Waals surface area contributed by atoms with Crippen molar-refractivity contribution in [3.63, 3.8) is 0 Å². The number of carbonyl (C=O) groups is 3. The number of amides is 2. The monoisotopic (exact) mass is 317 g/mol. The number of Topliss-reactive ketones (excluding diaryl/α,β-unsaturated/α-hetero) is 1. The van der Waals surface area contributed by atoms with Gasteiger partial charge in [-0.1, -0.05) is 6.07 Å². The Morgan fingerprint density at radius 3 is 2.35 bits per heavy atom. The molecule has 6 heteroatoms. The highest BCUT2D eigenvalue weighted by molar-refractivity contribution is 6.09. The number of ether oxygens (including phenoxy) is 2. The summed E-state index contributed by atoms with van der Waals surface area (Å²) in [5.74, 6) is -0.0561. The first kappa shape index (κ1) is 15.5. The van der Waals surface area contributed by atoms with Crippen LogP contribution in [0.4, 0.5) is 0 Å². The number of rotatable bonds is 3. The van der Waals surface area contributed by atoms with Crippen LogP contribution in [0.3, 0.4) is 0 Å². The summed E-state index contributed by atoms with van der Waals surface area (Å²) in [7, 11) is 2.93. The van der Waals surface area contributed by atoms with Crippen LogP contribution < -0.4 is 9.47 Å². The summed E-state index contributed by atoms with van der Waals surface area (Å²) in [6.07, 6.45) is 1.72. The standard InChI is InChI=1S/C17H19NO5/c1-22-13-4-3-5-14(23-2)16(13)17(21)18-11-7-8-12(19)10(11)6-9-15(18)20/h3-5,10-11H,6-9H2,1-2H3. The lowest BCUT2D eigenvalue weighted by Crippen LogP contribution is -2.50. The quantitative estimate of drug-likeness (QED) is 0.795. The highest BCUT2D eigenvalue weighted by Crippen LogP contribution is 2.38. The van der Waals surface area contributed by atoms with Gasteiger partial charge < -0.3 is 9.47 Å². The second kappa shape index (κ2) is 6.02. The molecule has 0 spiro atoms. The summed E-state index contributed by atoms with van der Waals surface area (Å²) in [4.78, 5) is 38.6. The number of ketones is 1. The second-order valence-corrected chi connectivity index (χ2v) is 5.82. The highest BCUT2D eigenvalue weighted by atomic mass is 16.5. The van der Waals surface area contributed by atoms with Crippen molar-refractivity contribution in [2.24, 2.45) is 5.92 Å². The second-order valence-electron chi connectivity index (χ2n) is 5.82. The molecular weight excluding hydrogens is 298 g/mol. The van der Waals surface area contributed by atoms with Crippen LogP contribution in [-0.2, 0) is 9.59 Å². The summed E-state index contributed by atoms with van der Waals surface area (Å²) in [6.45, 7) is 0. The van der Waals surface area contributed by atoms with Gasteiger partial charge in [0.25, 0.3) is 5.91 Å². The molecular formula is C17H19NO5. The lowest BCUT2D eigenvalue weighted by Gasteiger charge is -2.35. The van der Waals surface area contributed by atoms with E-state index in [-0.39, 0.29) is 35.6 Å². The van der Waals surface area contributed by atoms with Gasteiger partial charge in [-0.25, -0.2) is 0 Å². The third-order valence-electron chi connectivity index (χ3n) is 4.69. The molecule has 2 fully saturated rings. The Hall–Kier alpha value is -2.37.